The SMILES string of the molecule is CC1C=CCC2OC(CN(C)c3ncnc4c3CCCC4)COC12. The maximum absolute atomic E-state index is 6.34. The molecule has 0 aromatic carbocycles. The van der Waals surface area contributed by atoms with Gasteiger partial charge in [0, 0.05) is 30.8 Å². The van der Waals surface area contributed by atoms with E-state index in [0.29, 0.717) is 12.5 Å². The summed E-state index contributed by atoms with van der Waals surface area (Å²) in [5.74, 6) is 1.51. The van der Waals surface area contributed by atoms with Crippen LogP contribution in [0.4, 0.5) is 5.82 Å². The number of likely N-dealkylation sites (N-methyl/N-ethyl adjacent to an activating group) is 1. The number of ether oxygens (including phenoxy) is 2. The highest BCUT2D eigenvalue weighted by Gasteiger charge is 2.36. The fraction of sp³-hybridized carbons (Fsp3) is 0.684. The van der Waals surface area contributed by atoms with E-state index in [1.54, 1.807) is 6.33 Å². The van der Waals surface area contributed by atoms with Gasteiger partial charge in [-0.05, 0) is 32.1 Å². The zero-order valence-corrected chi connectivity index (χ0v) is 14.6. The number of hydrogen-bond acceptors (Lipinski definition) is 5. The molecule has 1 fully saturated rings. The van der Waals surface area contributed by atoms with E-state index in [1.807, 2.05) is 0 Å². The Morgan fingerprint density at radius 3 is 3.04 bits per heavy atom. The van der Waals surface area contributed by atoms with Crippen molar-refractivity contribution >= 4 is 5.82 Å². The van der Waals surface area contributed by atoms with Gasteiger partial charge in [0.05, 0.1) is 24.9 Å². The summed E-state index contributed by atoms with van der Waals surface area (Å²) in [7, 11) is 2.11. The maximum atomic E-state index is 6.34. The highest BCUT2D eigenvalue weighted by atomic mass is 16.6. The Balaban J connectivity index is 1.44. The first-order valence-corrected chi connectivity index (χ1v) is 9.20. The van der Waals surface area contributed by atoms with Gasteiger partial charge >= 0.3 is 0 Å². The molecule has 0 bridgehead atoms. The summed E-state index contributed by atoms with van der Waals surface area (Å²) in [6.07, 6.45) is 12.3. The molecule has 4 atom stereocenters. The van der Waals surface area contributed by atoms with Crippen molar-refractivity contribution in [1.29, 1.82) is 0 Å². The number of anilines is 1. The second-order valence-corrected chi connectivity index (χ2v) is 7.33. The summed E-state index contributed by atoms with van der Waals surface area (Å²) in [6.45, 7) is 3.68. The van der Waals surface area contributed by atoms with Crippen LogP contribution in [0.3, 0.4) is 0 Å². The number of nitrogens with zero attached hydrogens (tertiary/aromatic N) is 3. The van der Waals surface area contributed by atoms with E-state index in [0.717, 1.165) is 31.6 Å². The summed E-state index contributed by atoms with van der Waals surface area (Å²) >= 11 is 0. The monoisotopic (exact) mass is 329 g/mol. The summed E-state index contributed by atoms with van der Waals surface area (Å²) in [4.78, 5) is 11.3. The van der Waals surface area contributed by atoms with Crippen LogP contribution in [0.1, 0.15) is 37.4 Å². The smallest absolute Gasteiger partial charge is 0.135 e. The minimum atomic E-state index is 0.101. The predicted octanol–water partition coefficient (Wildman–Crippen LogP) is 2.54. The largest absolute Gasteiger partial charge is 0.372 e. The molecule has 0 amide bonds. The normalized spacial score (nSPS) is 32.1. The number of aromatic nitrogens is 2. The number of rotatable bonds is 3. The molecule has 4 rings (SSSR count). The van der Waals surface area contributed by atoms with Gasteiger partial charge in [-0.15, -0.1) is 0 Å². The van der Waals surface area contributed by atoms with Crippen molar-refractivity contribution in [3.63, 3.8) is 0 Å². The van der Waals surface area contributed by atoms with E-state index in [9.17, 15) is 0 Å². The molecule has 1 aromatic heterocycles. The third-order valence-corrected chi connectivity index (χ3v) is 5.48. The second-order valence-electron chi connectivity index (χ2n) is 7.33. The molecule has 0 spiro atoms. The van der Waals surface area contributed by atoms with Gasteiger partial charge in [-0.2, -0.15) is 0 Å². The lowest BCUT2D eigenvalue weighted by atomic mass is 9.90. The third kappa shape index (κ3) is 3.07. The van der Waals surface area contributed by atoms with Gasteiger partial charge in [-0.3, -0.25) is 0 Å². The van der Waals surface area contributed by atoms with E-state index < -0.39 is 0 Å². The number of fused-ring (bicyclic) bond motifs is 2. The Kier molecular flexibility index (Phi) is 4.55. The van der Waals surface area contributed by atoms with Crippen molar-refractivity contribution in [3.05, 3.63) is 29.7 Å². The quantitative estimate of drug-likeness (QED) is 0.798. The molecule has 0 saturated carbocycles. The first kappa shape index (κ1) is 16.0. The van der Waals surface area contributed by atoms with Crippen LogP contribution in [0, 0.1) is 5.92 Å². The van der Waals surface area contributed by atoms with Crippen molar-refractivity contribution in [2.45, 2.75) is 57.3 Å². The van der Waals surface area contributed by atoms with Gasteiger partial charge in [-0.1, -0.05) is 19.1 Å². The Morgan fingerprint density at radius 2 is 2.12 bits per heavy atom. The molecule has 2 aliphatic carbocycles. The van der Waals surface area contributed by atoms with E-state index in [1.165, 1.54) is 24.1 Å². The molecule has 130 valence electrons. The molecule has 0 radical (unpaired) electrons. The zero-order chi connectivity index (χ0) is 16.5. The minimum absolute atomic E-state index is 0.101. The van der Waals surface area contributed by atoms with Gasteiger partial charge in [0.1, 0.15) is 12.1 Å². The molecule has 4 unspecified atom stereocenters. The van der Waals surface area contributed by atoms with E-state index in [2.05, 4.69) is 41.0 Å². The fourth-order valence-corrected chi connectivity index (χ4v) is 4.23. The van der Waals surface area contributed by atoms with Gasteiger partial charge < -0.3 is 14.4 Å². The lowest BCUT2D eigenvalue weighted by Crippen LogP contribution is -2.50. The van der Waals surface area contributed by atoms with Crippen LogP contribution in [0.15, 0.2) is 18.5 Å². The first-order chi connectivity index (χ1) is 11.7. The zero-order valence-electron chi connectivity index (χ0n) is 14.6. The number of aryl methyl sites for hydroxylation is 1. The van der Waals surface area contributed by atoms with E-state index >= 15 is 0 Å². The van der Waals surface area contributed by atoms with Crippen molar-refractivity contribution in [3.8, 4) is 0 Å². The van der Waals surface area contributed by atoms with Gasteiger partial charge in [0.25, 0.3) is 0 Å². The van der Waals surface area contributed by atoms with Crippen LogP contribution in [0.2, 0.25) is 0 Å². The van der Waals surface area contributed by atoms with Crippen LogP contribution in [-0.4, -0.2) is 48.5 Å². The molecular formula is C19H27N3O2. The summed E-state index contributed by atoms with van der Waals surface area (Å²) in [5.41, 5.74) is 2.56. The summed E-state index contributed by atoms with van der Waals surface area (Å²) in [5, 5.41) is 0. The molecule has 24 heavy (non-hydrogen) atoms. The van der Waals surface area contributed by atoms with E-state index in [4.69, 9.17) is 9.47 Å². The highest BCUT2D eigenvalue weighted by Crippen LogP contribution is 2.30. The standard InChI is InChI=1S/C19H27N3O2/c1-13-6-5-9-17-18(13)23-11-14(24-17)10-22(2)19-15-7-3-4-8-16(15)20-12-21-19/h5-6,12-14,17-18H,3-4,7-11H2,1-2H3. The predicted molar refractivity (Wildman–Crippen MR) is 93.3 cm³/mol. The molecule has 3 aliphatic rings. The Bertz CT molecular complexity index is 619. The second kappa shape index (κ2) is 6.81. The van der Waals surface area contributed by atoms with Crippen molar-refractivity contribution in [2.75, 3.05) is 25.1 Å². The molecule has 5 nitrogen and oxygen atoms in total. The minimum Gasteiger partial charge on any atom is -0.372 e. The molecule has 2 heterocycles. The highest BCUT2D eigenvalue weighted by molar-refractivity contribution is 5.49. The molecule has 0 N–H and O–H groups in total. The molecule has 5 heteroatoms. The first-order valence-electron chi connectivity index (χ1n) is 9.20. The van der Waals surface area contributed by atoms with Crippen molar-refractivity contribution in [2.24, 2.45) is 5.92 Å². The van der Waals surface area contributed by atoms with Gasteiger partial charge in [0.2, 0.25) is 0 Å². The topological polar surface area (TPSA) is 47.5 Å². The average Bonchev–Trinajstić information content (AvgIpc) is 2.61. The number of hydrogen-bond donors (Lipinski definition) is 0. The molecule has 1 saturated heterocycles. The third-order valence-electron chi connectivity index (χ3n) is 5.48. The van der Waals surface area contributed by atoms with Crippen LogP contribution < -0.4 is 4.90 Å². The van der Waals surface area contributed by atoms with Crippen LogP contribution in [0.5, 0.6) is 0 Å². The lowest BCUT2D eigenvalue weighted by molar-refractivity contribution is -0.187. The van der Waals surface area contributed by atoms with Gasteiger partial charge in [-0.25, -0.2) is 9.97 Å². The maximum Gasteiger partial charge on any atom is 0.135 e. The molecular weight excluding hydrogens is 302 g/mol. The average molecular weight is 329 g/mol. The van der Waals surface area contributed by atoms with E-state index in [-0.39, 0.29) is 18.3 Å². The van der Waals surface area contributed by atoms with Crippen LogP contribution in [-0.2, 0) is 22.3 Å². The fourth-order valence-electron chi connectivity index (χ4n) is 4.23. The van der Waals surface area contributed by atoms with Gasteiger partial charge in [0.15, 0.2) is 0 Å². The van der Waals surface area contributed by atoms with Crippen molar-refractivity contribution in [1.82, 2.24) is 9.97 Å². The Hall–Kier alpha value is -1.46. The molecule has 1 aromatic rings. The van der Waals surface area contributed by atoms with Crippen LogP contribution in [0.25, 0.3) is 0 Å². The summed E-state index contributed by atoms with van der Waals surface area (Å²) < 4.78 is 12.5. The Labute approximate surface area is 144 Å². The summed E-state index contributed by atoms with van der Waals surface area (Å²) in [6, 6.07) is 0. The van der Waals surface area contributed by atoms with Crippen molar-refractivity contribution < 1.29 is 9.47 Å². The Morgan fingerprint density at radius 1 is 1.25 bits per heavy atom. The lowest BCUT2D eigenvalue weighted by Gasteiger charge is -2.41. The van der Waals surface area contributed by atoms with Crippen LogP contribution >= 0.6 is 0 Å². The molecule has 1 aliphatic heterocycles.